The molecule has 0 fully saturated rings. The van der Waals surface area contributed by atoms with Gasteiger partial charge in [-0.05, 0) is 29.5 Å². The van der Waals surface area contributed by atoms with Crippen molar-refractivity contribution < 1.29 is 27.4 Å². The summed E-state index contributed by atoms with van der Waals surface area (Å²) in [5, 5.41) is 0. The predicted molar refractivity (Wildman–Crippen MR) is 66.8 cm³/mol. The van der Waals surface area contributed by atoms with E-state index in [0.29, 0.717) is 0 Å². The summed E-state index contributed by atoms with van der Waals surface area (Å²) >= 11 is 1.69. The predicted octanol–water partition coefficient (Wildman–Crippen LogP) is 1.98. The standard InChI is InChI=1S/C10H9F3INO4/c1-2-18-8(16)4-6-5(14)3-7(9(17)15-6)19-10(11,12)13/h3H,2,4H2,1H3,(H,15,17). The van der Waals surface area contributed by atoms with Gasteiger partial charge in [-0.15, -0.1) is 13.2 Å². The van der Waals surface area contributed by atoms with Crippen molar-refractivity contribution in [1.29, 1.82) is 0 Å². The molecule has 0 saturated carbocycles. The summed E-state index contributed by atoms with van der Waals surface area (Å²) in [4.78, 5) is 24.8. The van der Waals surface area contributed by atoms with Gasteiger partial charge in [-0.3, -0.25) is 9.59 Å². The van der Waals surface area contributed by atoms with Crippen LogP contribution in [0.25, 0.3) is 0 Å². The molecule has 1 aromatic rings. The van der Waals surface area contributed by atoms with Gasteiger partial charge in [0, 0.05) is 15.3 Å². The van der Waals surface area contributed by atoms with Crippen LogP contribution in [0.3, 0.4) is 0 Å². The Hall–Kier alpha value is -1.26. The fraction of sp³-hybridized carbons (Fsp3) is 0.400. The van der Waals surface area contributed by atoms with E-state index >= 15 is 0 Å². The van der Waals surface area contributed by atoms with Gasteiger partial charge >= 0.3 is 12.3 Å². The molecule has 1 aromatic heterocycles. The Morgan fingerprint density at radius 2 is 2.11 bits per heavy atom. The molecular formula is C10H9F3INO4. The number of pyridine rings is 1. The number of rotatable bonds is 4. The third kappa shape index (κ3) is 5.09. The van der Waals surface area contributed by atoms with Crippen LogP contribution in [0.4, 0.5) is 13.2 Å². The van der Waals surface area contributed by atoms with Gasteiger partial charge < -0.3 is 14.5 Å². The highest BCUT2D eigenvalue weighted by atomic mass is 127. The number of nitrogens with one attached hydrogen (secondary N) is 1. The molecule has 19 heavy (non-hydrogen) atoms. The molecule has 0 radical (unpaired) electrons. The van der Waals surface area contributed by atoms with E-state index in [9.17, 15) is 22.8 Å². The lowest BCUT2D eigenvalue weighted by Gasteiger charge is -2.10. The minimum Gasteiger partial charge on any atom is -0.466 e. The molecule has 0 aliphatic heterocycles. The number of ether oxygens (including phenoxy) is 2. The molecule has 0 aliphatic carbocycles. The second-order valence-electron chi connectivity index (χ2n) is 3.32. The fourth-order valence-corrected chi connectivity index (χ4v) is 1.82. The highest BCUT2D eigenvalue weighted by Gasteiger charge is 2.32. The second-order valence-corrected chi connectivity index (χ2v) is 4.48. The first-order valence-corrected chi connectivity index (χ1v) is 6.14. The van der Waals surface area contributed by atoms with E-state index < -0.39 is 23.6 Å². The van der Waals surface area contributed by atoms with Gasteiger partial charge in [-0.25, -0.2) is 0 Å². The summed E-state index contributed by atoms with van der Waals surface area (Å²) in [6, 6.07) is 0.918. The van der Waals surface area contributed by atoms with Crippen molar-refractivity contribution >= 4 is 28.6 Å². The van der Waals surface area contributed by atoms with E-state index in [1.807, 2.05) is 0 Å². The van der Waals surface area contributed by atoms with Crippen molar-refractivity contribution in [1.82, 2.24) is 4.98 Å². The summed E-state index contributed by atoms with van der Waals surface area (Å²) in [5.41, 5.74) is -0.879. The summed E-state index contributed by atoms with van der Waals surface area (Å²) in [6.07, 6.45) is -5.17. The number of esters is 1. The average Bonchev–Trinajstić information content (AvgIpc) is 2.23. The van der Waals surface area contributed by atoms with Crippen LogP contribution in [0.5, 0.6) is 5.75 Å². The van der Waals surface area contributed by atoms with Crippen molar-refractivity contribution in [2.75, 3.05) is 6.61 Å². The number of carbonyl (C=O) groups is 1. The third-order valence-electron chi connectivity index (χ3n) is 1.89. The number of aromatic nitrogens is 1. The molecule has 0 saturated heterocycles. The molecule has 0 atom stereocenters. The van der Waals surface area contributed by atoms with Crippen molar-refractivity contribution in [3.63, 3.8) is 0 Å². The first-order chi connectivity index (χ1) is 8.73. The lowest BCUT2D eigenvalue weighted by molar-refractivity contribution is -0.275. The Kier molecular flexibility index (Phi) is 5.20. The van der Waals surface area contributed by atoms with Crippen LogP contribution in [-0.2, 0) is 16.0 Å². The molecule has 1 heterocycles. The maximum atomic E-state index is 12.0. The molecule has 9 heteroatoms. The van der Waals surface area contributed by atoms with Gasteiger partial charge in [0.05, 0.1) is 13.0 Å². The Labute approximate surface area is 119 Å². The summed E-state index contributed by atoms with van der Waals surface area (Å²) in [5.74, 6) is -1.45. The first-order valence-electron chi connectivity index (χ1n) is 5.06. The van der Waals surface area contributed by atoms with Crippen LogP contribution < -0.4 is 10.3 Å². The topological polar surface area (TPSA) is 68.4 Å². The largest absolute Gasteiger partial charge is 0.573 e. The molecule has 1 N–H and O–H groups in total. The van der Waals surface area contributed by atoms with Crippen molar-refractivity contribution in [3.8, 4) is 5.75 Å². The zero-order valence-corrected chi connectivity index (χ0v) is 11.8. The Morgan fingerprint density at radius 1 is 1.47 bits per heavy atom. The van der Waals surface area contributed by atoms with Crippen molar-refractivity contribution in [3.05, 3.63) is 25.7 Å². The Balaban J connectivity index is 2.97. The maximum Gasteiger partial charge on any atom is 0.573 e. The fourth-order valence-electron chi connectivity index (χ4n) is 1.21. The van der Waals surface area contributed by atoms with E-state index in [4.69, 9.17) is 0 Å². The molecule has 106 valence electrons. The van der Waals surface area contributed by atoms with Crippen molar-refractivity contribution in [2.24, 2.45) is 0 Å². The van der Waals surface area contributed by atoms with Crippen LogP contribution >= 0.6 is 22.6 Å². The average molecular weight is 391 g/mol. The van der Waals surface area contributed by atoms with Gasteiger partial charge in [0.2, 0.25) is 0 Å². The molecule has 0 bridgehead atoms. The van der Waals surface area contributed by atoms with Crippen LogP contribution in [-0.4, -0.2) is 23.9 Å². The quantitative estimate of drug-likeness (QED) is 0.630. The molecule has 0 amide bonds. The highest BCUT2D eigenvalue weighted by Crippen LogP contribution is 2.22. The van der Waals surface area contributed by atoms with E-state index in [1.165, 1.54) is 0 Å². The molecule has 1 rings (SSSR count). The summed E-state index contributed by atoms with van der Waals surface area (Å²) < 4.78 is 44.5. The third-order valence-corrected chi connectivity index (χ3v) is 2.85. The van der Waals surface area contributed by atoms with Gasteiger partial charge in [0.15, 0.2) is 5.75 Å². The summed E-state index contributed by atoms with van der Waals surface area (Å²) in [6.45, 7) is 1.79. The van der Waals surface area contributed by atoms with E-state index in [-0.39, 0.29) is 22.3 Å². The Morgan fingerprint density at radius 3 is 2.63 bits per heavy atom. The van der Waals surface area contributed by atoms with E-state index in [0.717, 1.165) is 6.07 Å². The molecule has 5 nitrogen and oxygen atoms in total. The van der Waals surface area contributed by atoms with Crippen molar-refractivity contribution in [2.45, 2.75) is 19.7 Å². The van der Waals surface area contributed by atoms with Gasteiger partial charge in [0.25, 0.3) is 5.56 Å². The van der Waals surface area contributed by atoms with Crippen LogP contribution in [0, 0.1) is 3.57 Å². The molecule has 0 aliphatic rings. The Bertz CT molecular complexity index is 526. The highest BCUT2D eigenvalue weighted by molar-refractivity contribution is 14.1. The van der Waals surface area contributed by atoms with Crippen LogP contribution in [0.2, 0.25) is 0 Å². The number of hydrogen-bond donors (Lipinski definition) is 1. The van der Waals surface area contributed by atoms with Gasteiger partial charge in [-0.2, -0.15) is 0 Å². The number of aromatic amines is 1. The monoisotopic (exact) mass is 391 g/mol. The molecule has 0 spiro atoms. The molecular weight excluding hydrogens is 382 g/mol. The van der Waals surface area contributed by atoms with Gasteiger partial charge in [-0.1, -0.05) is 0 Å². The minimum atomic E-state index is -4.95. The SMILES string of the molecule is CCOC(=O)Cc1[nH]c(=O)c(OC(F)(F)F)cc1I. The number of hydrogen-bond acceptors (Lipinski definition) is 4. The van der Waals surface area contributed by atoms with Gasteiger partial charge in [0.1, 0.15) is 0 Å². The zero-order chi connectivity index (χ0) is 14.6. The number of H-pyrrole nitrogens is 1. The molecule has 0 unspecified atom stereocenters. The number of carbonyl (C=O) groups excluding carboxylic acids is 1. The second kappa shape index (κ2) is 6.26. The lowest BCUT2D eigenvalue weighted by atomic mass is 10.2. The number of alkyl halides is 3. The normalized spacial score (nSPS) is 11.2. The maximum absolute atomic E-state index is 12.0. The van der Waals surface area contributed by atoms with E-state index in [1.54, 1.807) is 29.5 Å². The van der Waals surface area contributed by atoms with Crippen LogP contribution in [0.1, 0.15) is 12.6 Å². The first kappa shape index (κ1) is 15.8. The van der Waals surface area contributed by atoms with Crippen LogP contribution in [0.15, 0.2) is 10.9 Å². The minimum absolute atomic E-state index is 0.176. The van der Waals surface area contributed by atoms with E-state index in [2.05, 4.69) is 14.5 Å². The zero-order valence-electron chi connectivity index (χ0n) is 9.64. The molecule has 0 aromatic carbocycles. The summed E-state index contributed by atoms with van der Waals surface area (Å²) in [7, 11) is 0. The lowest BCUT2D eigenvalue weighted by Crippen LogP contribution is -2.24. The smallest absolute Gasteiger partial charge is 0.466 e. The number of halogens is 4.